The molecule has 0 aliphatic heterocycles. The molecule has 13 heavy (non-hydrogen) atoms. The first-order valence-corrected chi connectivity index (χ1v) is 3.90. The van der Waals surface area contributed by atoms with Gasteiger partial charge >= 0.3 is 0 Å². The van der Waals surface area contributed by atoms with Crippen molar-refractivity contribution in [2.75, 3.05) is 6.61 Å². The van der Waals surface area contributed by atoms with Crippen LogP contribution in [-0.2, 0) is 0 Å². The van der Waals surface area contributed by atoms with Crippen LogP contribution in [0.5, 0.6) is 0 Å². The van der Waals surface area contributed by atoms with E-state index in [1.54, 1.807) is 13.8 Å². The molecule has 3 N–H and O–H groups in total. The summed E-state index contributed by atoms with van der Waals surface area (Å²) in [4.78, 5) is 10.8. The zero-order chi connectivity index (χ0) is 10.0. The molecular weight excluding hydrogens is 172 g/mol. The Morgan fingerprint density at radius 3 is 2.77 bits per heavy atom. The molecule has 1 heterocycles. The zero-order valence-corrected chi connectivity index (χ0v) is 7.56. The Balaban J connectivity index is 3.06. The fourth-order valence-corrected chi connectivity index (χ4v) is 1.06. The summed E-state index contributed by atoms with van der Waals surface area (Å²) in [7, 11) is 0. The predicted molar refractivity (Wildman–Crippen MR) is 45.1 cm³/mol. The lowest BCUT2D eigenvalue weighted by Gasteiger charge is -2.08. The second-order valence-corrected chi connectivity index (χ2v) is 2.86. The van der Waals surface area contributed by atoms with Gasteiger partial charge in [0.15, 0.2) is 5.69 Å². The summed E-state index contributed by atoms with van der Waals surface area (Å²) in [5, 5.41) is 16.2. The molecule has 0 saturated heterocycles. The molecule has 1 unspecified atom stereocenters. The van der Waals surface area contributed by atoms with E-state index < -0.39 is 5.91 Å². The molecule has 0 bridgehead atoms. The molecule has 6 nitrogen and oxygen atoms in total. The Morgan fingerprint density at radius 2 is 2.38 bits per heavy atom. The van der Waals surface area contributed by atoms with E-state index >= 15 is 0 Å². The van der Waals surface area contributed by atoms with Crippen LogP contribution in [-0.4, -0.2) is 32.6 Å². The van der Waals surface area contributed by atoms with Crippen LogP contribution in [0.3, 0.4) is 0 Å². The molecule has 1 aromatic heterocycles. The number of aliphatic hydroxyl groups excluding tert-OH is 1. The highest BCUT2D eigenvalue weighted by Gasteiger charge is 2.16. The number of carbonyl (C=O) groups excluding carboxylic acids is 1. The van der Waals surface area contributed by atoms with E-state index in [9.17, 15) is 4.79 Å². The number of rotatable bonds is 3. The van der Waals surface area contributed by atoms with Crippen molar-refractivity contribution >= 4 is 5.91 Å². The maximum absolute atomic E-state index is 10.8. The van der Waals surface area contributed by atoms with Crippen LogP contribution in [0.25, 0.3) is 0 Å². The summed E-state index contributed by atoms with van der Waals surface area (Å²) >= 11 is 0. The molecular formula is C7H12N4O2. The van der Waals surface area contributed by atoms with Crippen molar-refractivity contribution < 1.29 is 9.90 Å². The maximum atomic E-state index is 10.8. The number of hydrogen-bond donors (Lipinski definition) is 2. The van der Waals surface area contributed by atoms with E-state index in [0.29, 0.717) is 5.69 Å². The average molecular weight is 184 g/mol. The first-order valence-electron chi connectivity index (χ1n) is 3.90. The van der Waals surface area contributed by atoms with Gasteiger partial charge in [-0.3, -0.25) is 4.79 Å². The molecule has 0 spiro atoms. The highest BCUT2D eigenvalue weighted by Crippen LogP contribution is 2.09. The van der Waals surface area contributed by atoms with Gasteiger partial charge in [0.25, 0.3) is 5.91 Å². The molecule has 0 fully saturated rings. The molecule has 0 aliphatic carbocycles. The van der Waals surface area contributed by atoms with Crippen LogP contribution >= 0.6 is 0 Å². The van der Waals surface area contributed by atoms with Gasteiger partial charge in [0, 0.05) is 0 Å². The van der Waals surface area contributed by atoms with Crippen LogP contribution in [0.15, 0.2) is 0 Å². The first kappa shape index (κ1) is 9.66. The van der Waals surface area contributed by atoms with Crippen LogP contribution in [0, 0.1) is 6.92 Å². The van der Waals surface area contributed by atoms with E-state index in [0.717, 1.165) is 0 Å². The number of carbonyl (C=O) groups is 1. The minimum Gasteiger partial charge on any atom is -0.394 e. The SMILES string of the molecule is Cc1c(C(N)=O)nnn1C(C)CO. The molecule has 72 valence electrons. The fourth-order valence-electron chi connectivity index (χ4n) is 1.06. The minimum atomic E-state index is -0.603. The monoisotopic (exact) mass is 184 g/mol. The van der Waals surface area contributed by atoms with Gasteiger partial charge in [0.2, 0.25) is 0 Å². The molecule has 1 amide bonds. The number of nitrogens with zero attached hydrogens (tertiary/aromatic N) is 3. The molecule has 1 rings (SSSR count). The standard InChI is InChI=1S/C7H12N4O2/c1-4(3-12)11-5(2)6(7(8)13)9-10-11/h4,12H,3H2,1-2H3,(H2,8,13). The van der Waals surface area contributed by atoms with E-state index in [-0.39, 0.29) is 18.3 Å². The van der Waals surface area contributed by atoms with Crippen LogP contribution in [0.2, 0.25) is 0 Å². The lowest BCUT2D eigenvalue weighted by molar-refractivity contribution is 0.0994. The Bertz CT molecular complexity index is 320. The molecule has 0 aliphatic rings. The number of aliphatic hydroxyl groups is 1. The molecule has 0 saturated carbocycles. The summed E-state index contributed by atoms with van der Waals surface area (Å²) in [6.07, 6.45) is 0. The van der Waals surface area contributed by atoms with E-state index in [4.69, 9.17) is 10.8 Å². The number of amides is 1. The van der Waals surface area contributed by atoms with E-state index in [1.165, 1.54) is 4.68 Å². The van der Waals surface area contributed by atoms with Gasteiger partial charge in [-0.2, -0.15) is 0 Å². The van der Waals surface area contributed by atoms with Gasteiger partial charge in [-0.1, -0.05) is 5.21 Å². The van der Waals surface area contributed by atoms with Gasteiger partial charge in [0.05, 0.1) is 18.3 Å². The lowest BCUT2D eigenvalue weighted by atomic mass is 10.3. The highest BCUT2D eigenvalue weighted by atomic mass is 16.3. The van der Waals surface area contributed by atoms with Crippen molar-refractivity contribution in [3.8, 4) is 0 Å². The van der Waals surface area contributed by atoms with E-state index in [2.05, 4.69) is 10.3 Å². The highest BCUT2D eigenvalue weighted by molar-refractivity contribution is 5.91. The van der Waals surface area contributed by atoms with Crippen molar-refractivity contribution in [1.82, 2.24) is 15.0 Å². The summed E-state index contributed by atoms with van der Waals surface area (Å²) in [5.74, 6) is -0.603. The maximum Gasteiger partial charge on any atom is 0.271 e. The van der Waals surface area contributed by atoms with Gasteiger partial charge in [-0.05, 0) is 13.8 Å². The molecule has 1 aromatic rings. The molecule has 6 heteroatoms. The van der Waals surface area contributed by atoms with Crippen LogP contribution in [0.1, 0.15) is 29.1 Å². The first-order chi connectivity index (χ1) is 6.07. The number of aromatic nitrogens is 3. The van der Waals surface area contributed by atoms with Gasteiger partial charge in [-0.25, -0.2) is 4.68 Å². The third-order valence-corrected chi connectivity index (χ3v) is 1.84. The quantitative estimate of drug-likeness (QED) is 0.645. The van der Waals surface area contributed by atoms with Gasteiger partial charge in [0.1, 0.15) is 0 Å². The Hall–Kier alpha value is -1.43. The third-order valence-electron chi connectivity index (χ3n) is 1.84. The normalized spacial score (nSPS) is 12.8. The number of primary amides is 1. The summed E-state index contributed by atoms with van der Waals surface area (Å²) < 4.78 is 1.47. The second kappa shape index (κ2) is 3.53. The lowest BCUT2D eigenvalue weighted by Crippen LogP contribution is -2.15. The summed E-state index contributed by atoms with van der Waals surface area (Å²) in [6.45, 7) is 3.40. The fraction of sp³-hybridized carbons (Fsp3) is 0.571. The van der Waals surface area contributed by atoms with Crippen molar-refractivity contribution in [3.63, 3.8) is 0 Å². The van der Waals surface area contributed by atoms with Crippen molar-refractivity contribution in [2.24, 2.45) is 5.73 Å². The second-order valence-electron chi connectivity index (χ2n) is 2.86. The van der Waals surface area contributed by atoms with Crippen molar-refractivity contribution in [1.29, 1.82) is 0 Å². The Labute approximate surface area is 75.3 Å². The summed E-state index contributed by atoms with van der Waals surface area (Å²) in [6, 6.07) is -0.194. The van der Waals surface area contributed by atoms with E-state index in [1.807, 2.05) is 0 Å². The largest absolute Gasteiger partial charge is 0.394 e. The van der Waals surface area contributed by atoms with Gasteiger partial charge < -0.3 is 10.8 Å². The summed E-state index contributed by atoms with van der Waals surface area (Å²) in [5.41, 5.74) is 5.78. The molecule has 0 aromatic carbocycles. The Kier molecular flexibility index (Phi) is 2.62. The topological polar surface area (TPSA) is 94.0 Å². The smallest absolute Gasteiger partial charge is 0.271 e. The third kappa shape index (κ3) is 1.67. The minimum absolute atomic E-state index is 0.0532. The van der Waals surface area contributed by atoms with Crippen molar-refractivity contribution in [2.45, 2.75) is 19.9 Å². The van der Waals surface area contributed by atoms with Crippen molar-refractivity contribution in [3.05, 3.63) is 11.4 Å². The number of hydrogen-bond acceptors (Lipinski definition) is 4. The number of nitrogens with two attached hydrogens (primary N) is 1. The molecule has 0 radical (unpaired) electrons. The van der Waals surface area contributed by atoms with Crippen LogP contribution in [0.4, 0.5) is 0 Å². The Morgan fingerprint density at radius 1 is 1.77 bits per heavy atom. The zero-order valence-electron chi connectivity index (χ0n) is 7.56. The predicted octanol–water partition coefficient (Wildman–Crippen LogP) is -0.761. The average Bonchev–Trinajstić information content (AvgIpc) is 2.46. The molecule has 1 atom stereocenters. The van der Waals surface area contributed by atoms with Gasteiger partial charge in [-0.15, -0.1) is 5.10 Å². The van der Waals surface area contributed by atoms with Crippen LogP contribution < -0.4 is 5.73 Å².